The molecule has 1 heterocycles. The van der Waals surface area contributed by atoms with Gasteiger partial charge in [-0.25, -0.2) is 0 Å². The van der Waals surface area contributed by atoms with Gasteiger partial charge in [-0.1, -0.05) is 38.3 Å². The number of Topliss-reactive ketones (excluding diaryl/α,β-unsaturated/α-hetero) is 1. The van der Waals surface area contributed by atoms with E-state index in [2.05, 4.69) is 0 Å². The van der Waals surface area contributed by atoms with E-state index < -0.39 is 6.10 Å². The summed E-state index contributed by atoms with van der Waals surface area (Å²) in [6.07, 6.45) is 1.11. The van der Waals surface area contributed by atoms with E-state index in [9.17, 15) is 9.90 Å². The molecule has 0 radical (unpaired) electrons. The zero-order valence-electron chi connectivity index (χ0n) is 9.57. The number of hydrogen-bond acceptors (Lipinski definition) is 3. The van der Waals surface area contributed by atoms with Gasteiger partial charge in [0.05, 0.1) is 4.34 Å². The Labute approximate surface area is 105 Å². The molecule has 1 rings (SSSR count). The van der Waals surface area contributed by atoms with Crippen molar-refractivity contribution in [3.05, 3.63) is 21.3 Å². The molecule has 0 aliphatic carbocycles. The molecule has 0 spiro atoms. The van der Waals surface area contributed by atoms with Crippen molar-refractivity contribution in [3.8, 4) is 0 Å². The van der Waals surface area contributed by atoms with E-state index in [4.69, 9.17) is 11.6 Å². The second kappa shape index (κ2) is 6.38. The molecule has 0 fully saturated rings. The summed E-state index contributed by atoms with van der Waals surface area (Å²) in [5.74, 6) is -0.0323. The van der Waals surface area contributed by atoms with Crippen LogP contribution in [0.1, 0.15) is 31.6 Å². The smallest absolute Gasteiger partial charge is 0.166 e. The molecule has 4 heteroatoms. The van der Waals surface area contributed by atoms with Crippen molar-refractivity contribution in [1.29, 1.82) is 0 Å². The minimum atomic E-state index is -0.837. The van der Waals surface area contributed by atoms with Crippen LogP contribution in [0, 0.1) is 5.92 Å². The van der Waals surface area contributed by atoms with Crippen molar-refractivity contribution >= 4 is 28.7 Å². The van der Waals surface area contributed by atoms with Crippen molar-refractivity contribution in [1.82, 2.24) is 0 Å². The molecule has 0 amide bonds. The van der Waals surface area contributed by atoms with E-state index in [1.165, 1.54) is 11.3 Å². The van der Waals surface area contributed by atoms with Gasteiger partial charge in [-0.3, -0.25) is 4.79 Å². The van der Waals surface area contributed by atoms with E-state index in [1.54, 1.807) is 6.07 Å². The van der Waals surface area contributed by atoms with Crippen LogP contribution in [0.25, 0.3) is 0 Å². The van der Waals surface area contributed by atoms with Crippen LogP contribution in [0.4, 0.5) is 0 Å². The predicted molar refractivity (Wildman–Crippen MR) is 68.1 cm³/mol. The first kappa shape index (κ1) is 13.7. The molecule has 1 atom stereocenters. The van der Waals surface area contributed by atoms with Gasteiger partial charge in [0.2, 0.25) is 0 Å². The fraction of sp³-hybridized carbons (Fsp3) is 0.583. The summed E-state index contributed by atoms with van der Waals surface area (Å²) in [5.41, 5.74) is 0. The van der Waals surface area contributed by atoms with Gasteiger partial charge >= 0.3 is 0 Å². The molecular formula is C12H17ClO2S. The zero-order valence-corrected chi connectivity index (χ0v) is 11.1. The maximum Gasteiger partial charge on any atom is 0.166 e. The lowest BCUT2D eigenvalue weighted by molar-refractivity contribution is -0.129. The van der Waals surface area contributed by atoms with Gasteiger partial charge in [0.15, 0.2) is 5.78 Å². The highest BCUT2D eigenvalue weighted by atomic mass is 35.5. The maximum atomic E-state index is 11.8. The highest BCUT2D eigenvalue weighted by Gasteiger charge is 2.23. The number of carbonyl (C=O) groups is 1. The average Bonchev–Trinajstić information content (AvgIpc) is 2.65. The van der Waals surface area contributed by atoms with E-state index >= 15 is 0 Å². The Morgan fingerprint density at radius 1 is 1.44 bits per heavy atom. The summed E-state index contributed by atoms with van der Waals surface area (Å²) >= 11 is 7.18. The first-order valence-corrected chi connectivity index (χ1v) is 6.72. The predicted octanol–water partition coefficient (Wildman–Crippen LogP) is 3.31. The molecule has 90 valence electrons. The quantitative estimate of drug-likeness (QED) is 0.852. The van der Waals surface area contributed by atoms with Gasteiger partial charge in [-0.05, 0) is 18.1 Å². The first-order valence-electron chi connectivity index (χ1n) is 5.53. The Kier molecular flexibility index (Phi) is 5.46. The van der Waals surface area contributed by atoms with Crippen LogP contribution in [0.3, 0.4) is 0 Å². The molecular weight excluding hydrogens is 244 g/mol. The van der Waals surface area contributed by atoms with Gasteiger partial charge in [0, 0.05) is 11.3 Å². The highest BCUT2D eigenvalue weighted by Crippen LogP contribution is 2.23. The Hall–Kier alpha value is -0.380. The number of hydrogen-bond donors (Lipinski definition) is 1. The number of rotatable bonds is 6. The number of aliphatic hydroxyl groups is 1. The molecule has 0 aliphatic heterocycles. The summed E-state index contributed by atoms with van der Waals surface area (Å²) < 4.78 is 0.680. The molecule has 0 saturated carbocycles. The number of aliphatic hydroxyl groups excluding tert-OH is 1. The van der Waals surface area contributed by atoms with Crippen LogP contribution in [-0.2, 0) is 11.2 Å². The van der Waals surface area contributed by atoms with Gasteiger partial charge < -0.3 is 5.11 Å². The van der Waals surface area contributed by atoms with Gasteiger partial charge in [-0.2, -0.15) is 0 Å². The summed E-state index contributed by atoms with van der Waals surface area (Å²) in [6, 6.07) is 3.61. The van der Waals surface area contributed by atoms with E-state index in [0.717, 1.165) is 17.7 Å². The minimum absolute atomic E-state index is 0.0722. The normalized spacial score (nSPS) is 13.1. The van der Waals surface area contributed by atoms with E-state index in [0.29, 0.717) is 4.34 Å². The monoisotopic (exact) mass is 260 g/mol. The number of carbonyl (C=O) groups excluding carboxylic acids is 1. The minimum Gasteiger partial charge on any atom is -0.385 e. The van der Waals surface area contributed by atoms with Crippen molar-refractivity contribution in [2.24, 2.45) is 5.92 Å². The maximum absolute atomic E-state index is 11.8. The largest absolute Gasteiger partial charge is 0.385 e. The van der Waals surface area contributed by atoms with Crippen molar-refractivity contribution in [2.75, 3.05) is 0 Å². The second-order valence-corrected chi connectivity index (χ2v) is 5.67. The third-order valence-corrected chi connectivity index (χ3v) is 4.03. The number of thiophene rings is 1. The molecule has 0 aliphatic rings. The molecule has 0 aromatic carbocycles. The topological polar surface area (TPSA) is 37.3 Å². The Morgan fingerprint density at radius 2 is 2.06 bits per heavy atom. The standard InChI is InChI=1S/C12H17ClO2S/c1-3-8(4-2)12(15)10(14)7-9-5-6-11(13)16-9/h5-6,8,12,15H,3-4,7H2,1-2H3. The average molecular weight is 261 g/mol. The molecule has 1 N–H and O–H groups in total. The van der Waals surface area contributed by atoms with Crippen LogP contribution in [0.5, 0.6) is 0 Å². The summed E-state index contributed by atoms with van der Waals surface area (Å²) in [4.78, 5) is 12.7. The third kappa shape index (κ3) is 3.58. The van der Waals surface area contributed by atoms with E-state index in [-0.39, 0.29) is 18.1 Å². The lowest BCUT2D eigenvalue weighted by Crippen LogP contribution is -2.30. The molecule has 1 aromatic rings. The van der Waals surface area contributed by atoms with Crippen LogP contribution in [-0.4, -0.2) is 17.0 Å². The summed E-state index contributed by atoms with van der Waals surface area (Å²) in [5, 5.41) is 9.87. The molecule has 0 saturated heterocycles. The SMILES string of the molecule is CCC(CC)C(O)C(=O)Cc1ccc(Cl)s1. The fourth-order valence-corrected chi connectivity index (χ4v) is 2.82. The molecule has 0 bridgehead atoms. The van der Waals surface area contributed by atoms with Gasteiger partial charge in [0.25, 0.3) is 0 Å². The Bertz CT molecular complexity index is 345. The number of halogens is 1. The van der Waals surface area contributed by atoms with Crippen LogP contribution >= 0.6 is 22.9 Å². The van der Waals surface area contributed by atoms with Crippen molar-refractivity contribution in [2.45, 2.75) is 39.2 Å². The zero-order chi connectivity index (χ0) is 12.1. The van der Waals surface area contributed by atoms with E-state index in [1.807, 2.05) is 19.9 Å². The van der Waals surface area contributed by atoms with Gasteiger partial charge in [0.1, 0.15) is 6.10 Å². The van der Waals surface area contributed by atoms with Crippen molar-refractivity contribution < 1.29 is 9.90 Å². The molecule has 1 unspecified atom stereocenters. The summed E-state index contributed by atoms with van der Waals surface area (Å²) in [6.45, 7) is 3.99. The fourth-order valence-electron chi connectivity index (χ4n) is 1.72. The van der Waals surface area contributed by atoms with Crippen LogP contribution in [0.2, 0.25) is 4.34 Å². The summed E-state index contributed by atoms with van der Waals surface area (Å²) in [7, 11) is 0. The lowest BCUT2D eigenvalue weighted by atomic mass is 9.92. The third-order valence-electron chi connectivity index (χ3n) is 2.80. The van der Waals surface area contributed by atoms with Crippen LogP contribution in [0.15, 0.2) is 12.1 Å². The van der Waals surface area contributed by atoms with Gasteiger partial charge in [-0.15, -0.1) is 11.3 Å². The Morgan fingerprint density at radius 3 is 2.50 bits per heavy atom. The molecule has 2 nitrogen and oxygen atoms in total. The molecule has 16 heavy (non-hydrogen) atoms. The molecule has 1 aromatic heterocycles. The second-order valence-electron chi connectivity index (χ2n) is 3.87. The number of ketones is 1. The van der Waals surface area contributed by atoms with Crippen molar-refractivity contribution in [3.63, 3.8) is 0 Å². The van der Waals surface area contributed by atoms with Crippen LogP contribution < -0.4 is 0 Å². The highest BCUT2D eigenvalue weighted by molar-refractivity contribution is 7.16. The Balaban J connectivity index is 2.58. The lowest BCUT2D eigenvalue weighted by Gasteiger charge is -2.18. The first-order chi connectivity index (χ1) is 7.58.